The van der Waals surface area contributed by atoms with Gasteiger partial charge in [0.15, 0.2) is 0 Å². The zero-order valence-electron chi connectivity index (χ0n) is 11.8. The minimum atomic E-state index is -0.581. The number of nitrogens with zero attached hydrogens (tertiary/aromatic N) is 4. The average molecular weight is 309 g/mol. The van der Waals surface area contributed by atoms with Crippen LogP contribution in [0.2, 0.25) is 5.02 Å². The molecule has 0 aliphatic carbocycles. The molecule has 2 rings (SSSR count). The van der Waals surface area contributed by atoms with Crippen molar-refractivity contribution in [2.75, 3.05) is 5.32 Å². The summed E-state index contributed by atoms with van der Waals surface area (Å²) in [5.74, 6) is -0.174. The fourth-order valence-electron chi connectivity index (χ4n) is 1.76. The van der Waals surface area contributed by atoms with Crippen molar-refractivity contribution < 1.29 is 4.79 Å². The summed E-state index contributed by atoms with van der Waals surface area (Å²) in [4.78, 5) is 12.1. The summed E-state index contributed by atoms with van der Waals surface area (Å²) in [6.07, 6.45) is 2.28. The van der Waals surface area contributed by atoms with Gasteiger partial charge in [-0.15, -0.1) is 5.10 Å². The first-order valence-corrected chi connectivity index (χ1v) is 7.00. The molecular formula is C13H17ClN6O. The van der Waals surface area contributed by atoms with E-state index in [1.54, 1.807) is 18.2 Å². The molecule has 1 aromatic heterocycles. The number of benzene rings is 1. The summed E-state index contributed by atoms with van der Waals surface area (Å²) < 4.78 is 1.47. The number of aromatic nitrogens is 4. The first-order chi connectivity index (χ1) is 10.0. The molecule has 2 atom stereocenters. The second kappa shape index (κ2) is 6.64. The van der Waals surface area contributed by atoms with Crippen molar-refractivity contribution in [3.63, 3.8) is 0 Å². The molecule has 0 aliphatic heterocycles. The molecular weight excluding hydrogens is 292 g/mol. The quantitative estimate of drug-likeness (QED) is 0.874. The molecule has 112 valence electrons. The number of hydrogen-bond acceptors (Lipinski definition) is 5. The van der Waals surface area contributed by atoms with Crippen molar-refractivity contribution in [3.8, 4) is 5.69 Å². The maximum Gasteiger partial charge on any atom is 0.241 e. The highest BCUT2D eigenvalue weighted by molar-refractivity contribution is 6.33. The van der Waals surface area contributed by atoms with Gasteiger partial charge >= 0.3 is 0 Å². The molecule has 7 nitrogen and oxygen atoms in total. The Labute approximate surface area is 127 Å². The Balaban J connectivity index is 2.20. The zero-order chi connectivity index (χ0) is 15.4. The lowest BCUT2D eigenvalue weighted by atomic mass is 9.99. The van der Waals surface area contributed by atoms with Gasteiger partial charge in [0.1, 0.15) is 6.33 Å². The van der Waals surface area contributed by atoms with Crippen molar-refractivity contribution >= 4 is 23.2 Å². The molecule has 0 unspecified atom stereocenters. The van der Waals surface area contributed by atoms with E-state index in [1.807, 2.05) is 13.8 Å². The van der Waals surface area contributed by atoms with Gasteiger partial charge < -0.3 is 11.1 Å². The number of anilines is 1. The summed E-state index contributed by atoms with van der Waals surface area (Å²) in [6.45, 7) is 3.92. The normalized spacial score (nSPS) is 13.7. The van der Waals surface area contributed by atoms with Gasteiger partial charge in [0, 0.05) is 0 Å². The number of nitrogens with one attached hydrogen (secondary N) is 1. The van der Waals surface area contributed by atoms with Gasteiger partial charge in [0.05, 0.1) is 22.4 Å². The highest BCUT2D eigenvalue weighted by Crippen LogP contribution is 2.25. The lowest BCUT2D eigenvalue weighted by Gasteiger charge is -2.18. The lowest BCUT2D eigenvalue weighted by Crippen LogP contribution is -2.40. The van der Waals surface area contributed by atoms with Crippen molar-refractivity contribution in [1.29, 1.82) is 0 Å². The van der Waals surface area contributed by atoms with Gasteiger partial charge in [0.2, 0.25) is 5.91 Å². The van der Waals surface area contributed by atoms with E-state index in [2.05, 4.69) is 20.8 Å². The summed E-state index contributed by atoms with van der Waals surface area (Å²) in [5, 5.41) is 14.1. The Morgan fingerprint density at radius 3 is 2.90 bits per heavy atom. The molecule has 3 N–H and O–H groups in total. The van der Waals surface area contributed by atoms with E-state index in [0.29, 0.717) is 16.4 Å². The Kier molecular flexibility index (Phi) is 4.87. The Morgan fingerprint density at radius 2 is 2.29 bits per heavy atom. The molecule has 0 radical (unpaired) electrons. The molecule has 21 heavy (non-hydrogen) atoms. The van der Waals surface area contributed by atoms with E-state index in [1.165, 1.54) is 11.0 Å². The Bertz CT molecular complexity index is 615. The van der Waals surface area contributed by atoms with Crippen LogP contribution in [0.4, 0.5) is 5.69 Å². The van der Waals surface area contributed by atoms with Crippen LogP contribution in [0, 0.1) is 5.92 Å². The topological polar surface area (TPSA) is 98.7 Å². The molecule has 1 aromatic carbocycles. The average Bonchev–Trinajstić information content (AvgIpc) is 3.02. The van der Waals surface area contributed by atoms with Crippen molar-refractivity contribution in [1.82, 2.24) is 20.2 Å². The maximum absolute atomic E-state index is 12.1. The van der Waals surface area contributed by atoms with E-state index in [0.717, 1.165) is 6.42 Å². The van der Waals surface area contributed by atoms with Crippen molar-refractivity contribution in [3.05, 3.63) is 29.5 Å². The van der Waals surface area contributed by atoms with Crippen LogP contribution in [0.3, 0.4) is 0 Å². The monoisotopic (exact) mass is 308 g/mol. The molecule has 1 heterocycles. The van der Waals surface area contributed by atoms with Gasteiger partial charge in [-0.1, -0.05) is 31.9 Å². The van der Waals surface area contributed by atoms with E-state index in [9.17, 15) is 4.79 Å². The van der Waals surface area contributed by atoms with Crippen LogP contribution >= 0.6 is 11.6 Å². The highest BCUT2D eigenvalue weighted by Gasteiger charge is 2.20. The fourth-order valence-corrected chi connectivity index (χ4v) is 1.92. The van der Waals surface area contributed by atoms with Crippen LogP contribution < -0.4 is 11.1 Å². The predicted octanol–water partition coefficient (Wildman–Crippen LogP) is 1.63. The second-order valence-electron chi connectivity index (χ2n) is 4.82. The van der Waals surface area contributed by atoms with Crippen LogP contribution in [-0.4, -0.2) is 32.2 Å². The summed E-state index contributed by atoms with van der Waals surface area (Å²) in [6, 6.07) is 4.54. The molecule has 2 aromatic rings. The maximum atomic E-state index is 12.1. The number of nitrogens with two attached hydrogens (primary N) is 1. The number of halogens is 1. The highest BCUT2D eigenvalue weighted by atomic mass is 35.5. The van der Waals surface area contributed by atoms with Gasteiger partial charge in [0.25, 0.3) is 0 Å². The minimum absolute atomic E-state index is 0.0893. The SMILES string of the molecule is CC[C@H](C)[C@H](N)C(=O)Nc1cc(-n2cnnn2)ccc1Cl. The minimum Gasteiger partial charge on any atom is -0.323 e. The van der Waals surface area contributed by atoms with E-state index >= 15 is 0 Å². The van der Waals surface area contributed by atoms with E-state index in [4.69, 9.17) is 17.3 Å². The molecule has 8 heteroatoms. The van der Waals surface area contributed by atoms with Crippen LogP contribution in [-0.2, 0) is 4.79 Å². The number of carbonyl (C=O) groups is 1. The first kappa shape index (κ1) is 15.4. The third-order valence-corrected chi connectivity index (χ3v) is 3.71. The van der Waals surface area contributed by atoms with Gasteiger partial charge in [-0.05, 0) is 34.5 Å². The van der Waals surface area contributed by atoms with Gasteiger partial charge in [-0.2, -0.15) is 0 Å². The largest absolute Gasteiger partial charge is 0.323 e. The predicted molar refractivity (Wildman–Crippen MR) is 80.2 cm³/mol. The molecule has 0 bridgehead atoms. The van der Waals surface area contributed by atoms with Gasteiger partial charge in [-0.25, -0.2) is 4.68 Å². The summed E-state index contributed by atoms with van der Waals surface area (Å²) in [5.41, 5.74) is 7.08. The van der Waals surface area contributed by atoms with E-state index in [-0.39, 0.29) is 11.8 Å². The van der Waals surface area contributed by atoms with Crippen LogP contribution in [0.25, 0.3) is 5.69 Å². The fraction of sp³-hybridized carbons (Fsp3) is 0.385. The third-order valence-electron chi connectivity index (χ3n) is 3.38. The van der Waals surface area contributed by atoms with Crippen molar-refractivity contribution in [2.45, 2.75) is 26.3 Å². The zero-order valence-corrected chi connectivity index (χ0v) is 12.6. The summed E-state index contributed by atoms with van der Waals surface area (Å²) >= 11 is 6.10. The first-order valence-electron chi connectivity index (χ1n) is 6.62. The van der Waals surface area contributed by atoms with Gasteiger partial charge in [-0.3, -0.25) is 4.79 Å². The van der Waals surface area contributed by atoms with Crippen LogP contribution in [0.5, 0.6) is 0 Å². The molecule has 0 saturated heterocycles. The number of carbonyl (C=O) groups excluding carboxylic acids is 1. The Hall–Kier alpha value is -1.99. The molecule has 1 amide bonds. The number of tetrazole rings is 1. The van der Waals surface area contributed by atoms with Crippen LogP contribution in [0.1, 0.15) is 20.3 Å². The molecule has 0 aliphatic rings. The molecule has 0 spiro atoms. The lowest BCUT2D eigenvalue weighted by molar-refractivity contribution is -0.118. The standard InChI is InChI=1S/C13H17ClN6O/c1-3-8(2)12(15)13(21)17-11-6-9(4-5-10(11)14)20-7-16-18-19-20/h4-8,12H,3,15H2,1-2H3,(H,17,21)/t8-,12-/m0/s1. The Morgan fingerprint density at radius 1 is 1.52 bits per heavy atom. The smallest absolute Gasteiger partial charge is 0.241 e. The third kappa shape index (κ3) is 3.56. The molecule has 0 saturated carbocycles. The molecule has 0 fully saturated rings. The number of rotatable bonds is 5. The second-order valence-corrected chi connectivity index (χ2v) is 5.23. The van der Waals surface area contributed by atoms with Crippen LogP contribution in [0.15, 0.2) is 24.5 Å². The van der Waals surface area contributed by atoms with Crippen molar-refractivity contribution in [2.24, 2.45) is 11.7 Å². The number of hydrogen-bond donors (Lipinski definition) is 2. The number of amides is 1. The van der Waals surface area contributed by atoms with E-state index < -0.39 is 6.04 Å². The summed E-state index contributed by atoms with van der Waals surface area (Å²) in [7, 11) is 0.